The van der Waals surface area contributed by atoms with Gasteiger partial charge in [0.15, 0.2) is 0 Å². The molecule has 27 heavy (non-hydrogen) atoms. The van der Waals surface area contributed by atoms with E-state index in [1.54, 1.807) is 30.3 Å². The molecule has 0 aromatic heterocycles. The number of anilines is 1. The number of carbonyl (C=O) groups excluding carboxylic acids is 1. The largest absolute Gasteiger partial charge is 0.495 e. The van der Waals surface area contributed by atoms with E-state index in [0.717, 1.165) is 23.7 Å². The number of nitrogens with one attached hydrogen (secondary N) is 1. The van der Waals surface area contributed by atoms with E-state index < -0.39 is 10.0 Å². The minimum Gasteiger partial charge on any atom is -0.495 e. The van der Waals surface area contributed by atoms with Gasteiger partial charge in [0, 0.05) is 28.8 Å². The van der Waals surface area contributed by atoms with Crippen molar-refractivity contribution in [3.8, 4) is 5.75 Å². The molecule has 0 saturated carbocycles. The number of amides is 1. The van der Waals surface area contributed by atoms with Gasteiger partial charge < -0.3 is 10.1 Å². The smallest absolute Gasteiger partial charge is 0.255 e. The van der Waals surface area contributed by atoms with Gasteiger partial charge in [-0.05, 0) is 49.2 Å². The molecule has 0 radical (unpaired) electrons. The quantitative estimate of drug-likeness (QED) is 0.746. The van der Waals surface area contributed by atoms with Gasteiger partial charge in [-0.1, -0.05) is 28.4 Å². The standard InChI is InChI=1S/C19H21BrN2O4S/c1-26-17-9-8-16(21-19(23)14-6-5-7-15(20)12-14)13-18(17)27(24,25)22-10-3-2-4-11-22/h5-9,12-13H,2-4,10-11H2,1H3,(H,21,23). The number of ether oxygens (including phenoxy) is 1. The fraction of sp³-hybridized carbons (Fsp3) is 0.316. The Bertz CT molecular complexity index is 940. The molecule has 1 aliphatic rings. The first kappa shape index (κ1) is 19.9. The third-order valence-corrected chi connectivity index (χ3v) is 6.85. The van der Waals surface area contributed by atoms with Gasteiger partial charge in [-0.25, -0.2) is 8.42 Å². The highest BCUT2D eigenvalue weighted by atomic mass is 79.9. The molecule has 0 aliphatic carbocycles. The molecule has 1 aliphatic heterocycles. The van der Waals surface area contributed by atoms with Crippen LogP contribution in [0.3, 0.4) is 0 Å². The molecule has 1 saturated heterocycles. The predicted molar refractivity (Wildman–Crippen MR) is 108 cm³/mol. The number of nitrogens with zero attached hydrogens (tertiary/aromatic N) is 1. The maximum Gasteiger partial charge on any atom is 0.255 e. The Kier molecular flexibility index (Phi) is 6.18. The van der Waals surface area contributed by atoms with E-state index in [4.69, 9.17) is 4.74 Å². The van der Waals surface area contributed by atoms with Gasteiger partial charge in [0.1, 0.15) is 10.6 Å². The number of halogens is 1. The third kappa shape index (κ3) is 4.51. The number of benzene rings is 2. The molecule has 0 bridgehead atoms. The Morgan fingerprint density at radius 2 is 1.85 bits per heavy atom. The van der Waals surface area contributed by atoms with Crippen LogP contribution in [-0.4, -0.2) is 38.8 Å². The van der Waals surface area contributed by atoms with Crippen LogP contribution in [-0.2, 0) is 10.0 Å². The molecule has 1 heterocycles. The topological polar surface area (TPSA) is 75.7 Å². The Balaban J connectivity index is 1.90. The summed E-state index contributed by atoms with van der Waals surface area (Å²) < 4.78 is 33.6. The van der Waals surface area contributed by atoms with Crippen LogP contribution in [0.2, 0.25) is 0 Å². The van der Waals surface area contributed by atoms with Crippen LogP contribution in [0.1, 0.15) is 29.6 Å². The highest BCUT2D eigenvalue weighted by Crippen LogP contribution is 2.31. The average molecular weight is 453 g/mol. The molecule has 6 nitrogen and oxygen atoms in total. The van der Waals surface area contributed by atoms with E-state index in [1.807, 2.05) is 6.07 Å². The summed E-state index contributed by atoms with van der Waals surface area (Å²) >= 11 is 3.34. The Labute approximate surface area is 167 Å². The monoisotopic (exact) mass is 452 g/mol. The van der Waals surface area contributed by atoms with Crippen LogP contribution >= 0.6 is 15.9 Å². The normalized spacial score (nSPS) is 15.3. The second-order valence-corrected chi connectivity index (χ2v) is 9.12. The number of rotatable bonds is 5. The van der Waals surface area contributed by atoms with Crippen molar-refractivity contribution in [2.45, 2.75) is 24.2 Å². The summed E-state index contributed by atoms with van der Waals surface area (Å²) in [5, 5.41) is 2.75. The van der Waals surface area contributed by atoms with Crippen molar-refractivity contribution >= 4 is 37.5 Å². The Morgan fingerprint density at radius 3 is 2.52 bits per heavy atom. The summed E-state index contributed by atoms with van der Waals surface area (Å²) in [6, 6.07) is 11.6. The summed E-state index contributed by atoms with van der Waals surface area (Å²) in [4.78, 5) is 12.5. The minimum atomic E-state index is -3.68. The highest BCUT2D eigenvalue weighted by molar-refractivity contribution is 9.10. The minimum absolute atomic E-state index is 0.0685. The summed E-state index contributed by atoms with van der Waals surface area (Å²) in [5.74, 6) is -0.0520. The zero-order valence-electron chi connectivity index (χ0n) is 14.9. The first-order valence-electron chi connectivity index (χ1n) is 8.67. The van der Waals surface area contributed by atoms with Gasteiger partial charge >= 0.3 is 0 Å². The fourth-order valence-electron chi connectivity index (χ4n) is 3.03. The molecule has 1 N–H and O–H groups in total. The first-order chi connectivity index (χ1) is 12.9. The molecule has 0 atom stereocenters. The van der Waals surface area contributed by atoms with Crippen molar-refractivity contribution in [1.82, 2.24) is 4.31 Å². The lowest BCUT2D eigenvalue weighted by molar-refractivity contribution is 0.102. The molecular formula is C19H21BrN2O4S. The second kappa shape index (κ2) is 8.41. The number of hydrogen-bond acceptors (Lipinski definition) is 4. The predicted octanol–water partition coefficient (Wildman–Crippen LogP) is 3.88. The number of hydrogen-bond donors (Lipinski definition) is 1. The van der Waals surface area contributed by atoms with Crippen LogP contribution in [0.4, 0.5) is 5.69 Å². The first-order valence-corrected chi connectivity index (χ1v) is 10.9. The van der Waals surface area contributed by atoms with Crippen LogP contribution < -0.4 is 10.1 Å². The van der Waals surface area contributed by atoms with Crippen molar-refractivity contribution in [2.24, 2.45) is 0 Å². The number of methoxy groups -OCH3 is 1. The van der Waals surface area contributed by atoms with Crippen LogP contribution in [0.25, 0.3) is 0 Å². The summed E-state index contributed by atoms with van der Waals surface area (Å²) in [6.07, 6.45) is 2.73. The van der Waals surface area contributed by atoms with Crippen LogP contribution in [0.5, 0.6) is 5.75 Å². The Morgan fingerprint density at radius 1 is 1.11 bits per heavy atom. The molecule has 8 heteroatoms. The molecule has 1 amide bonds. The van der Waals surface area contributed by atoms with Gasteiger partial charge in [-0.2, -0.15) is 4.31 Å². The van der Waals surface area contributed by atoms with Gasteiger partial charge in [0.05, 0.1) is 7.11 Å². The molecule has 2 aromatic carbocycles. The van der Waals surface area contributed by atoms with E-state index in [-0.39, 0.29) is 16.6 Å². The van der Waals surface area contributed by atoms with E-state index in [9.17, 15) is 13.2 Å². The van der Waals surface area contributed by atoms with E-state index in [1.165, 1.54) is 17.5 Å². The van der Waals surface area contributed by atoms with Gasteiger partial charge in [-0.15, -0.1) is 0 Å². The maximum absolute atomic E-state index is 13.0. The third-order valence-electron chi connectivity index (χ3n) is 4.44. The maximum atomic E-state index is 13.0. The van der Waals surface area contributed by atoms with Gasteiger partial charge in [-0.3, -0.25) is 4.79 Å². The van der Waals surface area contributed by atoms with Gasteiger partial charge in [0.25, 0.3) is 5.91 Å². The second-order valence-electron chi connectivity index (χ2n) is 6.29. The molecule has 3 rings (SSSR count). The van der Waals surface area contributed by atoms with Crippen LogP contribution in [0, 0.1) is 0 Å². The van der Waals surface area contributed by atoms with Crippen molar-refractivity contribution in [3.05, 3.63) is 52.5 Å². The van der Waals surface area contributed by atoms with Crippen molar-refractivity contribution in [1.29, 1.82) is 0 Å². The fourth-order valence-corrected chi connectivity index (χ4v) is 5.13. The van der Waals surface area contributed by atoms with E-state index in [0.29, 0.717) is 24.3 Å². The summed E-state index contributed by atoms with van der Waals surface area (Å²) in [5.41, 5.74) is 0.872. The number of carbonyl (C=O) groups is 1. The van der Waals surface area contributed by atoms with E-state index >= 15 is 0 Å². The SMILES string of the molecule is COc1ccc(NC(=O)c2cccc(Br)c2)cc1S(=O)(=O)N1CCCCC1. The highest BCUT2D eigenvalue weighted by Gasteiger charge is 2.29. The lowest BCUT2D eigenvalue weighted by Gasteiger charge is -2.26. The lowest BCUT2D eigenvalue weighted by Crippen LogP contribution is -2.35. The zero-order valence-corrected chi connectivity index (χ0v) is 17.3. The number of sulfonamides is 1. The molecule has 144 valence electrons. The molecule has 1 fully saturated rings. The van der Waals surface area contributed by atoms with Crippen molar-refractivity contribution in [2.75, 3.05) is 25.5 Å². The van der Waals surface area contributed by atoms with Crippen molar-refractivity contribution < 1.29 is 17.9 Å². The van der Waals surface area contributed by atoms with Crippen molar-refractivity contribution in [3.63, 3.8) is 0 Å². The zero-order chi connectivity index (χ0) is 19.4. The molecule has 2 aromatic rings. The molecule has 0 unspecified atom stereocenters. The summed E-state index contributed by atoms with van der Waals surface area (Å²) in [7, 11) is -2.25. The molecule has 0 spiro atoms. The Hall–Kier alpha value is -1.90. The van der Waals surface area contributed by atoms with Crippen LogP contribution in [0.15, 0.2) is 51.8 Å². The van der Waals surface area contributed by atoms with E-state index in [2.05, 4.69) is 21.2 Å². The number of piperidine rings is 1. The summed E-state index contributed by atoms with van der Waals surface area (Å²) in [6.45, 7) is 1.00. The average Bonchev–Trinajstić information content (AvgIpc) is 2.68. The lowest BCUT2D eigenvalue weighted by atomic mass is 10.2. The molecular weight excluding hydrogens is 432 g/mol. The van der Waals surface area contributed by atoms with Gasteiger partial charge in [0.2, 0.25) is 10.0 Å².